The van der Waals surface area contributed by atoms with E-state index >= 15 is 0 Å². The van der Waals surface area contributed by atoms with E-state index < -0.39 is 0 Å². The Morgan fingerprint density at radius 3 is 1.25 bits per heavy atom. The molecule has 246 valence electrons. The van der Waals surface area contributed by atoms with Crippen LogP contribution in [0, 0.1) is 81.8 Å². The van der Waals surface area contributed by atoms with Gasteiger partial charge in [-0.05, 0) is 161 Å². The van der Waals surface area contributed by atoms with Gasteiger partial charge in [-0.15, -0.1) is 0 Å². The van der Waals surface area contributed by atoms with Crippen molar-refractivity contribution < 1.29 is 9.59 Å². The highest BCUT2D eigenvalue weighted by Gasteiger charge is 2.57. The minimum Gasteiger partial charge on any atom is -0.303 e. The van der Waals surface area contributed by atoms with Crippen molar-refractivity contribution in [2.75, 3.05) is 0 Å². The summed E-state index contributed by atoms with van der Waals surface area (Å²) in [5.41, 5.74) is -0.0387. The van der Waals surface area contributed by atoms with E-state index in [1.54, 1.807) is 0 Å². The Balaban J connectivity index is 0.887. The molecule has 0 heterocycles. The van der Waals surface area contributed by atoms with Crippen molar-refractivity contribution in [2.45, 2.75) is 167 Å². The lowest BCUT2D eigenvalue weighted by molar-refractivity contribution is -0.138. The van der Waals surface area contributed by atoms with E-state index in [1.807, 2.05) is 0 Å². The molecule has 4 unspecified atom stereocenters. The van der Waals surface area contributed by atoms with Gasteiger partial charge in [0.1, 0.15) is 12.6 Å². The number of aldehydes is 2. The van der Waals surface area contributed by atoms with E-state index in [0.717, 1.165) is 72.0 Å². The van der Waals surface area contributed by atoms with Crippen LogP contribution in [0.2, 0.25) is 0 Å². The van der Waals surface area contributed by atoms with Crippen LogP contribution in [0.5, 0.6) is 0 Å². The quantitative estimate of drug-likeness (QED) is 0.194. The van der Waals surface area contributed by atoms with Gasteiger partial charge in [0, 0.05) is 10.8 Å². The first-order valence-electron chi connectivity index (χ1n) is 20.6. The third-order valence-electron chi connectivity index (χ3n) is 17.3. The van der Waals surface area contributed by atoms with E-state index in [-0.39, 0.29) is 10.8 Å². The molecular weight excluding hydrogens is 536 g/mol. The summed E-state index contributed by atoms with van der Waals surface area (Å²) >= 11 is 0. The second-order valence-electron chi connectivity index (χ2n) is 18.6. The number of carbonyl (C=O) groups excluding carboxylic acids is 2. The van der Waals surface area contributed by atoms with Gasteiger partial charge in [-0.1, -0.05) is 77.0 Å². The SMILES string of the molecule is O=CC1(CCCCCCC2(C=O)CCCC3CC[C@H]4[C@@H]5CCC[C@H]5CC[C@H]4[C@H]32)CCCC2CC[C@H]3[C@@H]4CCC[C@H]4CC[C@H]3[C@H]21. The molecule has 44 heavy (non-hydrogen) atoms. The van der Waals surface area contributed by atoms with Gasteiger partial charge in [0.15, 0.2) is 0 Å². The summed E-state index contributed by atoms with van der Waals surface area (Å²) in [5, 5.41) is 0. The monoisotopic (exact) mass is 603 g/mol. The Morgan fingerprint density at radius 2 is 0.795 bits per heavy atom. The first-order chi connectivity index (χ1) is 21.7. The predicted octanol–water partition coefficient (Wildman–Crippen LogP) is 11.0. The average Bonchev–Trinajstić information content (AvgIpc) is 3.76. The molecule has 8 saturated carbocycles. The van der Waals surface area contributed by atoms with Gasteiger partial charge in [-0.25, -0.2) is 0 Å². The molecule has 0 aliphatic heterocycles. The van der Waals surface area contributed by atoms with Crippen LogP contribution in [0.25, 0.3) is 0 Å². The third kappa shape index (κ3) is 5.15. The maximum atomic E-state index is 13.1. The normalized spacial score (nSPS) is 51.2. The Kier molecular flexibility index (Phi) is 8.88. The predicted molar refractivity (Wildman–Crippen MR) is 179 cm³/mol. The molecule has 14 atom stereocenters. The number of hydrogen-bond acceptors (Lipinski definition) is 2. The summed E-state index contributed by atoms with van der Waals surface area (Å²) in [7, 11) is 0. The molecule has 0 radical (unpaired) electrons. The molecule has 0 bridgehead atoms. The van der Waals surface area contributed by atoms with Crippen LogP contribution in [0.1, 0.15) is 167 Å². The van der Waals surface area contributed by atoms with E-state index in [4.69, 9.17) is 0 Å². The average molecular weight is 603 g/mol. The molecule has 0 amide bonds. The van der Waals surface area contributed by atoms with E-state index in [0.29, 0.717) is 11.8 Å². The lowest BCUT2D eigenvalue weighted by atomic mass is 9.47. The van der Waals surface area contributed by atoms with Crippen molar-refractivity contribution in [3.8, 4) is 0 Å². The number of rotatable bonds is 9. The Labute approximate surface area is 270 Å². The fourth-order valence-electron chi connectivity index (χ4n) is 15.9. The summed E-state index contributed by atoms with van der Waals surface area (Å²) in [4.78, 5) is 26.3. The van der Waals surface area contributed by atoms with E-state index in [1.165, 1.54) is 167 Å². The molecule has 8 rings (SSSR count). The van der Waals surface area contributed by atoms with Crippen molar-refractivity contribution in [1.82, 2.24) is 0 Å². The second-order valence-corrected chi connectivity index (χ2v) is 18.6. The summed E-state index contributed by atoms with van der Waals surface area (Å²) < 4.78 is 0. The Morgan fingerprint density at radius 1 is 0.386 bits per heavy atom. The van der Waals surface area contributed by atoms with Gasteiger partial charge in [0.2, 0.25) is 0 Å². The zero-order valence-corrected chi connectivity index (χ0v) is 28.3. The molecular formula is C42H66O2. The molecule has 8 aliphatic carbocycles. The first kappa shape index (κ1) is 30.7. The van der Waals surface area contributed by atoms with E-state index in [2.05, 4.69) is 0 Å². The summed E-state index contributed by atoms with van der Waals surface area (Å²) in [6.45, 7) is 0. The highest BCUT2D eigenvalue weighted by Crippen LogP contribution is 2.64. The fourth-order valence-corrected chi connectivity index (χ4v) is 15.9. The summed E-state index contributed by atoms with van der Waals surface area (Å²) in [6, 6.07) is 0. The topological polar surface area (TPSA) is 34.1 Å². The van der Waals surface area contributed by atoms with Gasteiger partial charge >= 0.3 is 0 Å². The number of hydrogen-bond donors (Lipinski definition) is 0. The fraction of sp³-hybridized carbons (Fsp3) is 0.952. The third-order valence-corrected chi connectivity index (χ3v) is 17.3. The van der Waals surface area contributed by atoms with Crippen LogP contribution in [-0.2, 0) is 9.59 Å². The van der Waals surface area contributed by atoms with Crippen molar-refractivity contribution in [3.63, 3.8) is 0 Å². The van der Waals surface area contributed by atoms with Gasteiger partial charge in [0.25, 0.3) is 0 Å². The minimum atomic E-state index is -0.0194. The van der Waals surface area contributed by atoms with Crippen molar-refractivity contribution in [3.05, 3.63) is 0 Å². The maximum absolute atomic E-state index is 13.1. The summed E-state index contributed by atoms with van der Waals surface area (Å²) in [5.74, 6) is 10.7. The second kappa shape index (κ2) is 12.7. The van der Waals surface area contributed by atoms with Crippen LogP contribution in [0.3, 0.4) is 0 Å². The van der Waals surface area contributed by atoms with Crippen LogP contribution in [0.15, 0.2) is 0 Å². The molecule has 8 fully saturated rings. The Bertz CT molecular complexity index is 939. The molecule has 8 aliphatic rings. The van der Waals surface area contributed by atoms with Gasteiger partial charge in [0.05, 0.1) is 0 Å². The first-order valence-corrected chi connectivity index (χ1v) is 20.6. The maximum Gasteiger partial charge on any atom is 0.126 e. The van der Waals surface area contributed by atoms with Crippen LogP contribution >= 0.6 is 0 Å². The molecule has 0 aromatic heterocycles. The number of carbonyl (C=O) groups is 2. The van der Waals surface area contributed by atoms with Crippen LogP contribution < -0.4 is 0 Å². The molecule has 0 aromatic rings. The molecule has 2 nitrogen and oxygen atoms in total. The Hall–Kier alpha value is -0.660. The molecule has 0 saturated heterocycles. The summed E-state index contributed by atoms with van der Waals surface area (Å²) in [6.07, 6.45) is 38.6. The lowest BCUT2D eigenvalue weighted by Gasteiger charge is -2.57. The standard InChI is InChI=1S/C42H66O2/c43-27-41(25-7-11-31-17-19-35-33-13-5-9-29(33)15-21-37(35)39(31)41)23-3-1-2-4-24-42(28-44)26-8-12-32-18-20-36-34-14-6-10-30(34)16-22-38(36)40(32)42/h27-40H,1-26H2/t29-,30-,31?,32?,33+,34+,35-,36-,37+,38+,39-,40-,41?,42?/m0/s1. The van der Waals surface area contributed by atoms with Crippen LogP contribution in [-0.4, -0.2) is 12.6 Å². The number of unbranched alkanes of at least 4 members (excludes halogenated alkanes) is 3. The zero-order valence-electron chi connectivity index (χ0n) is 28.3. The molecule has 0 spiro atoms. The van der Waals surface area contributed by atoms with Crippen LogP contribution in [0.4, 0.5) is 0 Å². The molecule has 0 N–H and O–H groups in total. The van der Waals surface area contributed by atoms with Gasteiger partial charge in [-0.3, -0.25) is 0 Å². The highest BCUT2D eigenvalue weighted by molar-refractivity contribution is 5.61. The minimum absolute atomic E-state index is 0.0194. The van der Waals surface area contributed by atoms with E-state index in [9.17, 15) is 9.59 Å². The lowest BCUT2D eigenvalue weighted by Crippen LogP contribution is -2.52. The zero-order chi connectivity index (χ0) is 29.7. The largest absolute Gasteiger partial charge is 0.303 e. The molecule has 2 heteroatoms. The van der Waals surface area contributed by atoms with Gasteiger partial charge < -0.3 is 9.59 Å². The number of fused-ring (bicyclic) bond motifs is 10. The van der Waals surface area contributed by atoms with Crippen molar-refractivity contribution >= 4 is 12.6 Å². The molecule has 0 aromatic carbocycles. The smallest absolute Gasteiger partial charge is 0.126 e. The van der Waals surface area contributed by atoms with Crippen molar-refractivity contribution in [1.29, 1.82) is 0 Å². The highest BCUT2D eigenvalue weighted by atomic mass is 16.1. The van der Waals surface area contributed by atoms with Crippen molar-refractivity contribution in [2.24, 2.45) is 81.8 Å². The van der Waals surface area contributed by atoms with Gasteiger partial charge in [-0.2, -0.15) is 0 Å².